The summed E-state index contributed by atoms with van der Waals surface area (Å²) in [5.74, 6) is -0.163. The first kappa shape index (κ1) is 9.59. The lowest BCUT2D eigenvalue weighted by Gasteiger charge is -2.11. The normalized spacial score (nSPS) is 26.8. The van der Waals surface area contributed by atoms with Crippen LogP contribution in [0.4, 0.5) is 8.78 Å². The van der Waals surface area contributed by atoms with Crippen LogP contribution in [0.25, 0.3) is 0 Å². The van der Waals surface area contributed by atoms with Gasteiger partial charge in [0.05, 0.1) is 0 Å². The van der Waals surface area contributed by atoms with Crippen LogP contribution in [0, 0.1) is 17.6 Å². The smallest absolute Gasteiger partial charge is 0.128 e. The van der Waals surface area contributed by atoms with Crippen LogP contribution in [-0.4, -0.2) is 6.54 Å². The molecule has 1 fully saturated rings. The van der Waals surface area contributed by atoms with E-state index in [1.165, 1.54) is 12.1 Å². The first-order chi connectivity index (χ1) is 6.66. The van der Waals surface area contributed by atoms with Crippen LogP contribution >= 0.6 is 0 Å². The topological polar surface area (TPSA) is 12.0 Å². The minimum absolute atomic E-state index is 0.0271. The molecule has 1 aliphatic rings. The van der Waals surface area contributed by atoms with Crippen molar-refractivity contribution in [3.8, 4) is 0 Å². The van der Waals surface area contributed by atoms with Gasteiger partial charge in [0, 0.05) is 11.6 Å². The van der Waals surface area contributed by atoms with Crippen LogP contribution in [0.2, 0.25) is 0 Å². The van der Waals surface area contributed by atoms with E-state index in [1.807, 2.05) is 0 Å². The molecule has 0 aromatic heterocycles. The second kappa shape index (κ2) is 3.65. The minimum Gasteiger partial charge on any atom is -0.310 e. The standard InChI is InChI=1S/C11H13F2N/c1-7-4-11(14-6-7)9-5-8(12)2-3-10(9)13/h2-3,5,7,11,14H,4,6H2,1H3. The average Bonchev–Trinajstić information content (AvgIpc) is 2.56. The summed E-state index contributed by atoms with van der Waals surface area (Å²) in [4.78, 5) is 0. The number of benzene rings is 1. The molecule has 1 heterocycles. The molecule has 2 unspecified atom stereocenters. The second-order valence-corrected chi connectivity index (χ2v) is 3.97. The Morgan fingerprint density at radius 2 is 2.14 bits per heavy atom. The van der Waals surface area contributed by atoms with Gasteiger partial charge in [0.1, 0.15) is 11.6 Å². The molecular formula is C11H13F2N. The van der Waals surface area contributed by atoms with Crippen molar-refractivity contribution in [2.24, 2.45) is 5.92 Å². The lowest BCUT2D eigenvalue weighted by atomic mass is 10.0. The van der Waals surface area contributed by atoms with E-state index in [4.69, 9.17) is 0 Å². The van der Waals surface area contributed by atoms with Crippen molar-refractivity contribution in [3.05, 3.63) is 35.4 Å². The molecule has 0 bridgehead atoms. The maximum absolute atomic E-state index is 13.3. The van der Waals surface area contributed by atoms with Crippen LogP contribution in [0.1, 0.15) is 24.9 Å². The molecule has 14 heavy (non-hydrogen) atoms. The Labute approximate surface area is 82.1 Å². The van der Waals surface area contributed by atoms with E-state index in [9.17, 15) is 8.78 Å². The fourth-order valence-electron chi connectivity index (χ4n) is 1.93. The summed E-state index contributed by atoms with van der Waals surface area (Å²) in [5.41, 5.74) is 0.453. The van der Waals surface area contributed by atoms with E-state index in [-0.39, 0.29) is 17.7 Å². The van der Waals surface area contributed by atoms with Gasteiger partial charge in [0.2, 0.25) is 0 Å². The van der Waals surface area contributed by atoms with Gasteiger partial charge >= 0.3 is 0 Å². The number of halogens is 2. The number of nitrogens with one attached hydrogen (secondary N) is 1. The predicted octanol–water partition coefficient (Wildman–Crippen LogP) is 2.64. The molecule has 1 aliphatic heterocycles. The molecule has 0 amide bonds. The van der Waals surface area contributed by atoms with Crippen molar-refractivity contribution in [1.29, 1.82) is 0 Å². The quantitative estimate of drug-likeness (QED) is 0.729. The molecule has 0 aliphatic carbocycles. The van der Waals surface area contributed by atoms with Crippen LogP contribution in [0.3, 0.4) is 0 Å². The summed E-state index contributed by atoms with van der Waals surface area (Å²) in [6.45, 7) is 2.98. The third kappa shape index (κ3) is 1.77. The van der Waals surface area contributed by atoms with Crippen molar-refractivity contribution in [3.63, 3.8) is 0 Å². The SMILES string of the molecule is CC1CNC(c2cc(F)ccc2F)C1. The molecule has 1 aromatic rings. The van der Waals surface area contributed by atoms with E-state index in [1.54, 1.807) is 0 Å². The van der Waals surface area contributed by atoms with Gasteiger partial charge in [-0.05, 0) is 37.1 Å². The fourth-order valence-corrected chi connectivity index (χ4v) is 1.93. The minimum atomic E-state index is -0.372. The monoisotopic (exact) mass is 197 g/mol. The van der Waals surface area contributed by atoms with E-state index in [2.05, 4.69) is 12.2 Å². The molecule has 2 rings (SSSR count). The summed E-state index contributed by atoms with van der Waals surface area (Å²) in [6.07, 6.45) is 0.875. The van der Waals surface area contributed by atoms with Crippen molar-refractivity contribution >= 4 is 0 Å². The largest absolute Gasteiger partial charge is 0.310 e. The summed E-state index contributed by atoms with van der Waals surface area (Å²) >= 11 is 0. The molecule has 1 N–H and O–H groups in total. The van der Waals surface area contributed by atoms with Crippen LogP contribution < -0.4 is 5.32 Å². The van der Waals surface area contributed by atoms with Gasteiger partial charge in [-0.2, -0.15) is 0 Å². The Balaban J connectivity index is 2.27. The molecule has 0 radical (unpaired) electrons. The molecule has 1 aromatic carbocycles. The number of hydrogen-bond donors (Lipinski definition) is 1. The highest BCUT2D eigenvalue weighted by Gasteiger charge is 2.24. The van der Waals surface area contributed by atoms with Gasteiger partial charge in [0.15, 0.2) is 0 Å². The highest BCUT2D eigenvalue weighted by atomic mass is 19.1. The summed E-state index contributed by atoms with van der Waals surface area (Å²) in [7, 11) is 0. The molecule has 1 saturated heterocycles. The number of rotatable bonds is 1. The first-order valence-corrected chi connectivity index (χ1v) is 4.85. The number of hydrogen-bond acceptors (Lipinski definition) is 1. The molecule has 3 heteroatoms. The van der Waals surface area contributed by atoms with Crippen molar-refractivity contribution in [2.75, 3.05) is 6.54 Å². The summed E-state index contributed by atoms with van der Waals surface area (Å²) in [6, 6.07) is 3.60. The van der Waals surface area contributed by atoms with Crippen molar-refractivity contribution < 1.29 is 8.78 Å². The summed E-state index contributed by atoms with van der Waals surface area (Å²) < 4.78 is 26.2. The highest BCUT2D eigenvalue weighted by molar-refractivity contribution is 5.23. The molecule has 0 saturated carbocycles. The van der Waals surface area contributed by atoms with E-state index in [0.717, 1.165) is 19.0 Å². The van der Waals surface area contributed by atoms with Gasteiger partial charge in [-0.25, -0.2) is 8.78 Å². The van der Waals surface area contributed by atoms with Crippen molar-refractivity contribution in [2.45, 2.75) is 19.4 Å². The predicted molar refractivity (Wildman–Crippen MR) is 50.9 cm³/mol. The van der Waals surface area contributed by atoms with E-state index >= 15 is 0 Å². The molecule has 2 atom stereocenters. The molecular weight excluding hydrogens is 184 g/mol. The maximum Gasteiger partial charge on any atom is 0.128 e. The van der Waals surface area contributed by atoms with Gasteiger partial charge in [-0.3, -0.25) is 0 Å². The third-order valence-electron chi connectivity index (χ3n) is 2.68. The lowest BCUT2D eigenvalue weighted by Crippen LogP contribution is -2.14. The zero-order valence-electron chi connectivity index (χ0n) is 8.06. The highest BCUT2D eigenvalue weighted by Crippen LogP contribution is 2.28. The zero-order chi connectivity index (χ0) is 10.1. The van der Waals surface area contributed by atoms with Crippen LogP contribution in [0.5, 0.6) is 0 Å². The first-order valence-electron chi connectivity index (χ1n) is 4.85. The van der Waals surface area contributed by atoms with Crippen LogP contribution in [0.15, 0.2) is 18.2 Å². The Morgan fingerprint density at radius 1 is 1.36 bits per heavy atom. The van der Waals surface area contributed by atoms with E-state index < -0.39 is 0 Å². The second-order valence-electron chi connectivity index (χ2n) is 3.97. The average molecular weight is 197 g/mol. The molecule has 1 nitrogen and oxygen atoms in total. The lowest BCUT2D eigenvalue weighted by molar-refractivity contribution is 0.536. The Morgan fingerprint density at radius 3 is 2.79 bits per heavy atom. The third-order valence-corrected chi connectivity index (χ3v) is 2.68. The molecule has 0 spiro atoms. The Hall–Kier alpha value is -0.960. The molecule has 76 valence electrons. The van der Waals surface area contributed by atoms with Gasteiger partial charge in [-0.15, -0.1) is 0 Å². The van der Waals surface area contributed by atoms with E-state index in [0.29, 0.717) is 11.5 Å². The Bertz CT molecular complexity index is 338. The van der Waals surface area contributed by atoms with Crippen molar-refractivity contribution in [1.82, 2.24) is 5.32 Å². The fraction of sp³-hybridized carbons (Fsp3) is 0.455. The Kier molecular flexibility index (Phi) is 2.50. The zero-order valence-corrected chi connectivity index (χ0v) is 8.06. The maximum atomic E-state index is 13.3. The van der Waals surface area contributed by atoms with Gasteiger partial charge < -0.3 is 5.32 Å². The van der Waals surface area contributed by atoms with Gasteiger partial charge in [0.25, 0.3) is 0 Å². The van der Waals surface area contributed by atoms with Crippen LogP contribution in [-0.2, 0) is 0 Å². The summed E-state index contributed by atoms with van der Waals surface area (Å²) in [5, 5.41) is 3.18. The van der Waals surface area contributed by atoms with Gasteiger partial charge in [-0.1, -0.05) is 6.92 Å².